The van der Waals surface area contributed by atoms with Gasteiger partial charge in [0, 0.05) is 12.1 Å². The van der Waals surface area contributed by atoms with Gasteiger partial charge in [-0.3, -0.25) is 9.10 Å². The van der Waals surface area contributed by atoms with E-state index in [1.165, 1.54) is 22.7 Å². The molecule has 0 aliphatic carbocycles. The van der Waals surface area contributed by atoms with Crippen LogP contribution in [0.15, 0.2) is 72.8 Å². The van der Waals surface area contributed by atoms with E-state index in [0.29, 0.717) is 11.3 Å². The van der Waals surface area contributed by atoms with Crippen molar-refractivity contribution in [3.8, 4) is 0 Å². The zero-order valence-electron chi connectivity index (χ0n) is 16.8. The monoisotopic (exact) mass is 426 g/mol. The Morgan fingerprint density at radius 3 is 2.20 bits per heavy atom. The van der Waals surface area contributed by atoms with Gasteiger partial charge in [0.15, 0.2) is 0 Å². The number of carbonyl (C=O) groups is 1. The van der Waals surface area contributed by atoms with Crippen molar-refractivity contribution in [3.63, 3.8) is 0 Å². The van der Waals surface area contributed by atoms with E-state index in [-0.39, 0.29) is 24.8 Å². The number of carbonyl (C=O) groups excluding carboxylic acids is 1. The van der Waals surface area contributed by atoms with E-state index in [0.717, 1.165) is 16.7 Å². The van der Waals surface area contributed by atoms with Gasteiger partial charge in [-0.25, -0.2) is 12.8 Å². The third kappa shape index (κ3) is 5.67. The fraction of sp³-hybridized carbons (Fsp3) is 0.174. The molecular formula is C23H23FN2O3S. The maximum absolute atomic E-state index is 13.0. The first-order chi connectivity index (χ1) is 14.2. The third-order valence-corrected chi connectivity index (χ3v) is 5.74. The third-order valence-electron chi connectivity index (χ3n) is 4.60. The number of rotatable bonds is 7. The standard InChI is InChI=1S/C23H23FN2O3S/c1-17-4-3-5-22(14-17)26(30(2,28)29)16-19-6-10-20(11-7-19)23(27)25-15-18-8-12-21(24)13-9-18/h3-14H,15-16H2,1-2H3,(H,25,27). The number of halogens is 1. The van der Waals surface area contributed by atoms with Crippen molar-refractivity contribution in [2.45, 2.75) is 20.0 Å². The van der Waals surface area contributed by atoms with Crippen LogP contribution < -0.4 is 9.62 Å². The van der Waals surface area contributed by atoms with Crippen molar-refractivity contribution < 1.29 is 17.6 Å². The lowest BCUT2D eigenvalue weighted by molar-refractivity contribution is 0.0951. The number of amides is 1. The van der Waals surface area contributed by atoms with Gasteiger partial charge >= 0.3 is 0 Å². The molecule has 3 aromatic carbocycles. The predicted molar refractivity (Wildman–Crippen MR) is 116 cm³/mol. The van der Waals surface area contributed by atoms with Gasteiger partial charge in [0.2, 0.25) is 10.0 Å². The summed E-state index contributed by atoms with van der Waals surface area (Å²) < 4.78 is 38.9. The molecule has 0 atom stereocenters. The molecule has 0 unspecified atom stereocenters. The SMILES string of the molecule is Cc1cccc(N(Cc2ccc(C(=O)NCc3ccc(F)cc3)cc2)S(C)(=O)=O)c1. The zero-order chi connectivity index (χ0) is 21.7. The quantitative estimate of drug-likeness (QED) is 0.620. The second-order valence-electron chi connectivity index (χ2n) is 7.11. The molecule has 3 aromatic rings. The van der Waals surface area contributed by atoms with Crippen molar-refractivity contribution in [1.82, 2.24) is 5.32 Å². The lowest BCUT2D eigenvalue weighted by Crippen LogP contribution is -2.29. The predicted octanol–water partition coefficient (Wildman–Crippen LogP) is 4.03. The first kappa shape index (κ1) is 21.5. The van der Waals surface area contributed by atoms with Crippen molar-refractivity contribution in [1.29, 1.82) is 0 Å². The Kier molecular flexibility index (Phi) is 6.52. The summed E-state index contributed by atoms with van der Waals surface area (Å²) in [6.07, 6.45) is 1.17. The van der Waals surface area contributed by atoms with E-state index in [1.54, 1.807) is 42.5 Å². The Hall–Kier alpha value is -3.19. The highest BCUT2D eigenvalue weighted by atomic mass is 32.2. The van der Waals surface area contributed by atoms with Crippen LogP contribution >= 0.6 is 0 Å². The summed E-state index contributed by atoms with van der Waals surface area (Å²) in [6, 6.07) is 20.0. The van der Waals surface area contributed by atoms with Crippen LogP contribution in [0.25, 0.3) is 0 Å². The molecule has 0 aliphatic heterocycles. The summed E-state index contributed by atoms with van der Waals surface area (Å²) >= 11 is 0. The number of nitrogens with one attached hydrogen (secondary N) is 1. The van der Waals surface area contributed by atoms with Gasteiger partial charge in [0.05, 0.1) is 18.5 Å². The number of benzene rings is 3. The molecule has 7 heteroatoms. The first-order valence-electron chi connectivity index (χ1n) is 9.38. The summed E-state index contributed by atoms with van der Waals surface area (Å²) in [6.45, 7) is 2.36. The smallest absolute Gasteiger partial charge is 0.251 e. The van der Waals surface area contributed by atoms with Crippen molar-refractivity contribution >= 4 is 21.6 Å². The number of nitrogens with zero attached hydrogens (tertiary/aromatic N) is 1. The number of anilines is 1. The fourth-order valence-corrected chi connectivity index (χ4v) is 3.88. The maximum atomic E-state index is 13.0. The molecule has 0 aliphatic rings. The molecule has 0 fully saturated rings. The minimum absolute atomic E-state index is 0.166. The van der Waals surface area contributed by atoms with Crippen LogP contribution in [0.4, 0.5) is 10.1 Å². The number of hydrogen-bond donors (Lipinski definition) is 1. The molecule has 0 heterocycles. The molecule has 0 bridgehead atoms. The van der Waals surface area contributed by atoms with Gasteiger partial charge in [0.25, 0.3) is 5.91 Å². The molecule has 1 amide bonds. The Bertz CT molecular complexity index is 1130. The van der Waals surface area contributed by atoms with E-state index >= 15 is 0 Å². The highest BCUT2D eigenvalue weighted by molar-refractivity contribution is 7.92. The van der Waals surface area contributed by atoms with Crippen LogP contribution in [-0.4, -0.2) is 20.6 Å². The van der Waals surface area contributed by atoms with Crippen LogP contribution in [-0.2, 0) is 23.1 Å². The van der Waals surface area contributed by atoms with E-state index < -0.39 is 10.0 Å². The van der Waals surface area contributed by atoms with Crippen LogP contribution in [0.2, 0.25) is 0 Å². The molecular weight excluding hydrogens is 403 g/mol. The van der Waals surface area contributed by atoms with E-state index in [4.69, 9.17) is 0 Å². The Morgan fingerprint density at radius 2 is 1.60 bits per heavy atom. The van der Waals surface area contributed by atoms with Gasteiger partial charge in [-0.1, -0.05) is 36.4 Å². The summed E-state index contributed by atoms with van der Waals surface area (Å²) in [5, 5.41) is 2.78. The average molecular weight is 427 g/mol. The van der Waals surface area contributed by atoms with Crippen LogP contribution in [0.3, 0.4) is 0 Å². The lowest BCUT2D eigenvalue weighted by atomic mass is 10.1. The Morgan fingerprint density at radius 1 is 0.967 bits per heavy atom. The van der Waals surface area contributed by atoms with E-state index in [1.807, 2.05) is 25.1 Å². The van der Waals surface area contributed by atoms with Crippen LogP contribution in [0.5, 0.6) is 0 Å². The molecule has 0 saturated carbocycles. The van der Waals surface area contributed by atoms with Gasteiger partial charge in [-0.2, -0.15) is 0 Å². The molecule has 5 nitrogen and oxygen atoms in total. The number of hydrogen-bond acceptors (Lipinski definition) is 3. The molecule has 1 N–H and O–H groups in total. The normalized spacial score (nSPS) is 11.2. The van der Waals surface area contributed by atoms with Gasteiger partial charge < -0.3 is 5.32 Å². The second-order valence-corrected chi connectivity index (χ2v) is 9.02. The van der Waals surface area contributed by atoms with Crippen molar-refractivity contribution in [2.75, 3.05) is 10.6 Å². The van der Waals surface area contributed by atoms with E-state index in [9.17, 15) is 17.6 Å². The minimum atomic E-state index is -3.47. The van der Waals surface area contributed by atoms with Crippen LogP contribution in [0, 0.1) is 12.7 Å². The zero-order valence-corrected chi connectivity index (χ0v) is 17.6. The first-order valence-corrected chi connectivity index (χ1v) is 11.2. The molecule has 0 aromatic heterocycles. The maximum Gasteiger partial charge on any atom is 0.251 e. The topological polar surface area (TPSA) is 66.5 Å². The molecule has 3 rings (SSSR count). The highest BCUT2D eigenvalue weighted by Gasteiger charge is 2.18. The summed E-state index contributed by atoms with van der Waals surface area (Å²) in [5.41, 5.74) is 3.58. The average Bonchev–Trinajstić information content (AvgIpc) is 2.71. The van der Waals surface area contributed by atoms with Gasteiger partial charge in [0.1, 0.15) is 5.82 Å². The number of sulfonamides is 1. The number of aryl methyl sites for hydroxylation is 1. The minimum Gasteiger partial charge on any atom is -0.348 e. The van der Waals surface area contributed by atoms with Gasteiger partial charge in [-0.15, -0.1) is 0 Å². The largest absolute Gasteiger partial charge is 0.348 e. The fourth-order valence-electron chi connectivity index (χ4n) is 3.00. The van der Waals surface area contributed by atoms with Crippen LogP contribution in [0.1, 0.15) is 27.0 Å². The molecule has 30 heavy (non-hydrogen) atoms. The Balaban J connectivity index is 1.69. The molecule has 0 radical (unpaired) electrons. The van der Waals surface area contributed by atoms with Gasteiger partial charge in [-0.05, 0) is 60.0 Å². The lowest BCUT2D eigenvalue weighted by Gasteiger charge is -2.23. The summed E-state index contributed by atoms with van der Waals surface area (Å²) in [7, 11) is -3.47. The van der Waals surface area contributed by atoms with Crippen molar-refractivity contribution in [3.05, 3.63) is 101 Å². The molecule has 0 saturated heterocycles. The molecule has 156 valence electrons. The highest BCUT2D eigenvalue weighted by Crippen LogP contribution is 2.22. The summed E-state index contributed by atoms with van der Waals surface area (Å²) in [4.78, 5) is 12.3. The van der Waals surface area contributed by atoms with E-state index in [2.05, 4.69) is 5.32 Å². The molecule has 0 spiro atoms. The van der Waals surface area contributed by atoms with Crippen molar-refractivity contribution in [2.24, 2.45) is 0 Å². The second kappa shape index (κ2) is 9.09. The Labute approximate surface area is 176 Å². The summed E-state index contributed by atoms with van der Waals surface area (Å²) in [5.74, 6) is -0.584.